The minimum atomic E-state index is -1.41. The van der Waals surface area contributed by atoms with Gasteiger partial charge in [-0.05, 0) is 0 Å². The summed E-state index contributed by atoms with van der Waals surface area (Å²) in [6.07, 6.45) is -1.41. The van der Waals surface area contributed by atoms with Gasteiger partial charge >= 0.3 is 6.09 Å². The van der Waals surface area contributed by atoms with Gasteiger partial charge in [0.15, 0.2) is 5.83 Å². The summed E-state index contributed by atoms with van der Waals surface area (Å²) in [6, 6.07) is 0. The average molecular weight is 166 g/mol. The zero-order valence-corrected chi connectivity index (χ0v) is 5.60. The lowest BCUT2D eigenvalue weighted by molar-refractivity contribution is 0.194. The lowest BCUT2D eigenvalue weighted by Crippen LogP contribution is -2.23. The van der Waals surface area contributed by atoms with Crippen LogP contribution in [0, 0.1) is 0 Å². The van der Waals surface area contributed by atoms with Crippen LogP contribution in [0.2, 0.25) is 0 Å². The molecule has 0 aromatic carbocycles. The van der Waals surface area contributed by atoms with Gasteiger partial charge in [-0.3, -0.25) is 0 Å². The van der Waals surface area contributed by atoms with Crippen LogP contribution in [0.5, 0.6) is 0 Å². The van der Waals surface area contributed by atoms with Gasteiger partial charge in [0.05, 0.1) is 6.54 Å². The third kappa shape index (κ3) is 4.26. The highest BCUT2D eigenvalue weighted by atomic mass is 19.2. The minimum Gasteiger partial charge on any atom is -0.465 e. The Bertz CT molecular complexity index is 181. The van der Waals surface area contributed by atoms with Gasteiger partial charge in [-0.1, -0.05) is 0 Å². The molecule has 6 heteroatoms. The maximum Gasteiger partial charge on any atom is 0.405 e. The number of amides is 1. The molecule has 0 aliphatic carbocycles. The standard InChI is InChI=1S/C5H8F2N2O2/c6-3(1-8)4(7)2-9-5(10)11/h9H,1-2,8H2,(H,10,11). The first-order chi connectivity index (χ1) is 5.07. The van der Waals surface area contributed by atoms with E-state index in [1.807, 2.05) is 0 Å². The van der Waals surface area contributed by atoms with Crippen molar-refractivity contribution in [2.45, 2.75) is 0 Å². The molecule has 0 bridgehead atoms. The molecule has 0 aliphatic heterocycles. The van der Waals surface area contributed by atoms with Crippen molar-refractivity contribution in [3.8, 4) is 0 Å². The predicted octanol–water partition coefficient (Wildman–Crippen LogP) is 0.363. The second-order valence-electron chi connectivity index (χ2n) is 1.67. The van der Waals surface area contributed by atoms with Crippen molar-refractivity contribution in [3.05, 3.63) is 11.7 Å². The molecule has 0 heterocycles. The van der Waals surface area contributed by atoms with Crippen molar-refractivity contribution in [2.75, 3.05) is 13.1 Å². The molecule has 0 radical (unpaired) electrons. The van der Waals surface area contributed by atoms with Crippen LogP contribution in [0.1, 0.15) is 0 Å². The normalized spacial score (nSPS) is 12.3. The zero-order chi connectivity index (χ0) is 8.85. The molecule has 11 heavy (non-hydrogen) atoms. The van der Waals surface area contributed by atoms with Crippen LogP contribution in [-0.4, -0.2) is 24.3 Å². The summed E-state index contributed by atoms with van der Waals surface area (Å²) < 4.78 is 24.4. The highest BCUT2D eigenvalue weighted by Crippen LogP contribution is 2.03. The summed E-state index contributed by atoms with van der Waals surface area (Å²) in [4.78, 5) is 9.76. The lowest BCUT2D eigenvalue weighted by Gasteiger charge is -1.98. The van der Waals surface area contributed by atoms with Crippen molar-refractivity contribution in [1.29, 1.82) is 0 Å². The summed E-state index contributed by atoms with van der Waals surface area (Å²) in [5.41, 5.74) is 4.73. The molecule has 0 aliphatic rings. The molecule has 0 aromatic rings. The van der Waals surface area contributed by atoms with Crippen LogP contribution < -0.4 is 11.1 Å². The maximum atomic E-state index is 12.3. The van der Waals surface area contributed by atoms with E-state index in [0.717, 1.165) is 0 Å². The first-order valence-corrected chi connectivity index (χ1v) is 2.77. The molecule has 0 saturated heterocycles. The summed E-state index contributed by atoms with van der Waals surface area (Å²) in [5, 5.41) is 9.61. The van der Waals surface area contributed by atoms with Crippen LogP contribution in [-0.2, 0) is 0 Å². The SMILES string of the molecule is NCC(F)=C(F)CNC(=O)O. The summed E-state index contributed by atoms with van der Waals surface area (Å²) >= 11 is 0. The molecule has 1 amide bonds. The molecule has 4 nitrogen and oxygen atoms in total. The Morgan fingerprint density at radius 2 is 2.00 bits per heavy atom. The Kier molecular flexibility index (Phi) is 4.12. The molecule has 0 spiro atoms. The number of hydrogen-bond acceptors (Lipinski definition) is 2. The van der Waals surface area contributed by atoms with E-state index in [4.69, 9.17) is 10.8 Å². The van der Waals surface area contributed by atoms with Crippen LogP contribution in [0.25, 0.3) is 0 Å². The highest BCUT2D eigenvalue weighted by Gasteiger charge is 2.04. The Balaban J connectivity index is 3.85. The number of nitrogens with one attached hydrogen (secondary N) is 1. The van der Waals surface area contributed by atoms with E-state index in [-0.39, 0.29) is 0 Å². The quantitative estimate of drug-likeness (QED) is 0.566. The fourth-order valence-corrected chi connectivity index (χ4v) is 0.360. The molecular formula is C5H8F2N2O2. The van der Waals surface area contributed by atoms with Gasteiger partial charge in [0.25, 0.3) is 0 Å². The van der Waals surface area contributed by atoms with E-state index in [1.165, 1.54) is 0 Å². The first-order valence-electron chi connectivity index (χ1n) is 2.77. The molecule has 0 rings (SSSR count). The van der Waals surface area contributed by atoms with E-state index in [9.17, 15) is 13.6 Å². The molecule has 0 fully saturated rings. The predicted molar refractivity (Wildman–Crippen MR) is 34.3 cm³/mol. The van der Waals surface area contributed by atoms with Gasteiger partial charge < -0.3 is 16.2 Å². The molecule has 0 atom stereocenters. The monoisotopic (exact) mass is 166 g/mol. The first kappa shape index (κ1) is 9.83. The number of nitrogens with two attached hydrogens (primary N) is 1. The van der Waals surface area contributed by atoms with Gasteiger partial charge in [-0.2, -0.15) is 0 Å². The third-order valence-electron chi connectivity index (χ3n) is 0.868. The van der Waals surface area contributed by atoms with E-state index in [1.54, 1.807) is 5.32 Å². The minimum absolute atomic E-state index is 0.562. The Morgan fingerprint density at radius 3 is 2.36 bits per heavy atom. The average Bonchev–Trinajstić information content (AvgIpc) is 1.98. The number of carboxylic acid groups (broad SMARTS) is 1. The van der Waals surface area contributed by atoms with E-state index in [0.29, 0.717) is 0 Å². The Morgan fingerprint density at radius 1 is 1.45 bits per heavy atom. The summed E-state index contributed by atoms with van der Waals surface area (Å²) in [7, 11) is 0. The van der Waals surface area contributed by atoms with E-state index >= 15 is 0 Å². The topological polar surface area (TPSA) is 75.3 Å². The number of rotatable bonds is 3. The molecule has 4 N–H and O–H groups in total. The van der Waals surface area contributed by atoms with Crippen LogP contribution >= 0.6 is 0 Å². The Labute approximate surface area is 61.7 Å². The van der Waals surface area contributed by atoms with Crippen molar-refractivity contribution in [1.82, 2.24) is 5.32 Å². The van der Waals surface area contributed by atoms with Crippen molar-refractivity contribution in [3.63, 3.8) is 0 Å². The van der Waals surface area contributed by atoms with Gasteiger partial charge in [0.1, 0.15) is 5.83 Å². The van der Waals surface area contributed by atoms with Crippen molar-refractivity contribution >= 4 is 6.09 Å². The van der Waals surface area contributed by atoms with Crippen molar-refractivity contribution < 1.29 is 18.7 Å². The highest BCUT2D eigenvalue weighted by molar-refractivity contribution is 5.64. The lowest BCUT2D eigenvalue weighted by atomic mass is 10.4. The molecule has 0 aromatic heterocycles. The molecule has 64 valence electrons. The summed E-state index contributed by atoms with van der Waals surface area (Å²) in [6.45, 7) is -1.24. The van der Waals surface area contributed by atoms with Gasteiger partial charge in [0.2, 0.25) is 0 Å². The van der Waals surface area contributed by atoms with Gasteiger partial charge in [-0.25, -0.2) is 13.6 Å². The van der Waals surface area contributed by atoms with E-state index in [2.05, 4.69) is 0 Å². The van der Waals surface area contributed by atoms with Crippen LogP contribution in [0.15, 0.2) is 11.7 Å². The number of halogens is 2. The van der Waals surface area contributed by atoms with Crippen molar-refractivity contribution in [2.24, 2.45) is 5.73 Å². The Hall–Kier alpha value is -1.17. The molecule has 0 unspecified atom stereocenters. The van der Waals surface area contributed by atoms with E-state index < -0.39 is 30.8 Å². The fourth-order valence-electron chi connectivity index (χ4n) is 0.360. The molecule has 0 saturated carbocycles. The fraction of sp³-hybridized carbons (Fsp3) is 0.400. The van der Waals surface area contributed by atoms with Crippen LogP contribution in [0.3, 0.4) is 0 Å². The van der Waals surface area contributed by atoms with Crippen LogP contribution in [0.4, 0.5) is 13.6 Å². The second kappa shape index (κ2) is 4.62. The van der Waals surface area contributed by atoms with Gasteiger partial charge in [0, 0.05) is 6.54 Å². The smallest absolute Gasteiger partial charge is 0.405 e. The largest absolute Gasteiger partial charge is 0.465 e. The second-order valence-corrected chi connectivity index (χ2v) is 1.67. The number of hydrogen-bond donors (Lipinski definition) is 3. The zero-order valence-electron chi connectivity index (χ0n) is 5.60. The molecular weight excluding hydrogens is 158 g/mol. The third-order valence-corrected chi connectivity index (χ3v) is 0.868. The maximum absolute atomic E-state index is 12.3. The van der Waals surface area contributed by atoms with Gasteiger partial charge in [-0.15, -0.1) is 0 Å². The number of carbonyl (C=O) groups is 1. The summed E-state index contributed by atoms with van der Waals surface area (Å²) in [5.74, 6) is -2.33.